The second kappa shape index (κ2) is 68.3. The van der Waals surface area contributed by atoms with Crippen LogP contribution in [0.1, 0.15) is 97.8 Å². The summed E-state index contributed by atoms with van der Waals surface area (Å²) in [6.45, 7) is 25.8. The SMILES string of the molecule is C=CCN(CC=C)CCCCCCCC.C=CCNCC=C.CCCCCCCCBr.CCO.O=CO[O-].[K+].[K]. The molecule has 9 heteroatoms. The molecule has 0 spiro atoms. The van der Waals surface area contributed by atoms with E-state index in [2.05, 4.69) is 71.2 Å². The minimum Gasteiger partial charge on any atom is -0.662 e. The predicted molar refractivity (Wildman–Crippen MR) is 176 cm³/mol. The molecule has 0 aromatic carbocycles. The molecule has 0 fully saturated rings. The van der Waals surface area contributed by atoms with Crippen molar-refractivity contribution in [3.63, 3.8) is 0 Å². The van der Waals surface area contributed by atoms with Gasteiger partial charge >= 0.3 is 51.4 Å². The van der Waals surface area contributed by atoms with Gasteiger partial charge in [-0.3, -0.25) is 9.69 Å². The molecule has 229 valence electrons. The Kier molecular flexibility index (Phi) is 98.4. The number of aliphatic hydroxyl groups excluding tert-OH is 1. The maximum Gasteiger partial charge on any atom is 1.00 e. The number of halogens is 1. The molecule has 2 N–H and O–H groups in total. The number of carbonyl (C=O) groups excluding carboxylic acids is 1. The molecule has 0 atom stereocenters. The fraction of sp³-hybridized carbons (Fsp3) is 0.710. The molecule has 0 aliphatic carbocycles. The molecule has 0 saturated heterocycles. The van der Waals surface area contributed by atoms with Crippen LogP contribution in [0.2, 0.25) is 0 Å². The van der Waals surface area contributed by atoms with Crippen LogP contribution < -0.4 is 62.0 Å². The van der Waals surface area contributed by atoms with E-state index in [0.717, 1.165) is 26.2 Å². The monoisotopic (exact) mass is 683 g/mol. The zero-order valence-corrected chi connectivity index (χ0v) is 35.0. The van der Waals surface area contributed by atoms with E-state index in [1.807, 2.05) is 24.3 Å². The number of nitrogens with one attached hydrogen (secondary N) is 1. The fourth-order valence-corrected chi connectivity index (χ4v) is 3.30. The average Bonchev–Trinajstić information content (AvgIpc) is 2.92. The van der Waals surface area contributed by atoms with E-state index < -0.39 is 0 Å². The zero-order valence-electron chi connectivity index (χ0n) is 27.1. The number of hydrogen-bond acceptors (Lipinski definition) is 6. The van der Waals surface area contributed by atoms with Crippen LogP contribution in [0.25, 0.3) is 0 Å². The minimum absolute atomic E-state index is 0. The molecule has 0 aromatic heterocycles. The van der Waals surface area contributed by atoms with E-state index in [4.69, 9.17) is 15.2 Å². The number of unbranched alkanes of at least 4 members (excludes halogenated alkanes) is 10. The van der Waals surface area contributed by atoms with Crippen molar-refractivity contribution < 1.29 is 71.4 Å². The third-order valence-electron chi connectivity index (χ3n) is 4.71. The molecule has 0 bridgehead atoms. The molecule has 1 radical (unpaired) electrons. The van der Waals surface area contributed by atoms with Gasteiger partial charge in [-0.1, -0.05) is 118 Å². The normalized spacial score (nSPS) is 8.57. The first-order valence-electron chi connectivity index (χ1n) is 14.3. The number of nitrogens with zero attached hydrogens (tertiary/aromatic N) is 1. The smallest absolute Gasteiger partial charge is 0.662 e. The molecule has 0 unspecified atom stereocenters. The quantitative estimate of drug-likeness (QED) is 0.0344. The summed E-state index contributed by atoms with van der Waals surface area (Å²) in [5.41, 5.74) is 0. The van der Waals surface area contributed by atoms with Crippen LogP contribution in [0.5, 0.6) is 0 Å². The van der Waals surface area contributed by atoms with Crippen LogP contribution in [0, 0.1) is 0 Å². The van der Waals surface area contributed by atoms with Crippen molar-refractivity contribution in [2.75, 3.05) is 44.7 Å². The average molecular weight is 685 g/mol. The Morgan fingerprint density at radius 3 is 1.43 bits per heavy atom. The zero-order chi connectivity index (χ0) is 30.0. The molecule has 0 amide bonds. The molecule has 6 nitrogen and oxygen atoms in total. The van der Waals surface area contributed by atoms with Crippen molar-refractivity contribution >= 4 is 73.8 Å². The molecule has 0 aliphatic heterocycles. The Morgan fingerprint density at radius 2 is 1.12 bits per heavy atom. The van der Waals surface area contributed by atoms with Gasteiger partial charge in [-0.2, -0.15) is 0 Å². The minimum atomic E-state index is -0.181. The van der Waals surface area contributed by atoms with Gasteiger partial charge < -0.3 is 20.6 Å². The molecule has 0 aromatic rings. The van der Waals surface area contributed by atoms with Crippen molar-refractivity contribution in [1.82, 2.24) is 10.2 Å². The third kappa shape index (κ3) is 83.5. The van der Waals surface area contributed by atoms with Crippen LogP contribution in [0.4, 0.5) is 0 Å². The number of rotatable bonds is 22. The second-order valence-corrected chi connectivity index (χ2v) is 9.10. The molecule has 0 heterocycles. The predicted octanol–water partition coefficient (Wildman–Crippen LogP) is 3.77. The van der Waals surface area contributed by atoms with Gasteiger partial charge in [0.25, 0.3) is 6.47 Å². The molecular weight excluding hydrogens is 622 g/mol. The maximum atomic E-state index is 8.64. The first-order valence-corrected chi connectivity index (χ1v) is 15.4. The van der Waals surface area contributed by atoms with Crippen molar-refractivity contribution in [2.45, 2.75) is 97.8 Å². The molecule has 0 saturated carbocycles. The van der Waals surface area contributed by atoms with Crippen molar-refractivity contribution in [3.8, 4) is 0 Å². The van der Waals surface area contributed by atoms with E-state index >= 15 is 0 Å². The van der Waals surface area contributed by atoms with Crippen LogP contribution in [-0.4, -0.2) is 113 Å². The number of aliphatic hydroxyl groups is 1. The summed E-state index contributed by atoms with van der Waals surface area (Å²) in [6, 6.07) is 0. The fourth-order valence-electron chi connectivity index (χ4n) is 2.90. The summed E-state index contributed by atoms with van der Waals surface area (Å²) in [5.74, 6) is 0. The molecular formula is C31H62BrK2N2O4. The summed E-state index contributed by atoms with van der Waals surface area (Å²) in [7, 11) is 0. The number of hydrogen-bond donors (Lipinski definition) is 2. The van der Waals surface area contributed by atoms with Crippen LogP contribution in [0.3, 0.4) is 0 Å². The molecule has 40 heavy (non-hydrogen) atoms. The van der Waals surface area contributed by atoms with Crippen molar-refractivity contribution in [3.05, 3.63) is 50.6 Å². The van der Waals surface area contributed by atoms with Gasteiger partial charge in [0, 0.05) is 89.5 Å². The molecule has 0 aliphatic rings. The Bertz CT molecular complexity index is 426. The van der Waals surface area contributed by atoms with Gasteiger partial charge in [0.15, 0.2) is 0 Å². The largest absolute Gasteiger partial charge is 1.00 e. The Hall–Kier alpha value is 2.02. The number of carbonyl (C=O) groups is 1. The van der Waals surface area contributed by atoms with E-state index in [1.54, 1.807) is 6.92 Å². The van der Waals surface area contributed by atoms with Gasteiger partial charge in [0.05, 0.1) is 0 Å². The van der Waals surface area contributed by atoms with Gasteiger partial charge in [0.1, 0.15) is 0 Å². The van der Waals surface area contributed by atoms with E-state index in [0.29, 0.717) is 0 Å². The van der Waals surface area contributed by atoms with Crippen LogP contribution in [0.15, 0.2) is 50.6 Å². The van der Waals surface area contributed by atoms with Gasteiger partial charge in [-0.25, -0.2) is 0 Å². The Labute approximate surface area is 343 Å². The van der Waals surface area contributed by atoms with Gasteiger partial charge in [-0.15, -0.1) is 26.3 Å². The second-order valence-electron chi connectivity index (χ2n) is 8.31. The van der Waals surface area contributed by atoms with Gasteiger partial charge in [0.2, 0.25) is 0 Å². The van der Waals surface area contributed by atoms with E-state index in [-0.39, 0.29) is 116 Å². The Morgan fingerprint density at radius 1 is 0.775 bits per heavy atom. The van der Waals surface area contributed by atoms with Crippen LogP contribution >= 0.6 is 15.9 Å². The summed E-state index contributed by atoms with van der Waals surface area (Å²) in [5, 5.41) is 20.2. The summed E-state index contributed by atoms with van der Waals surface area (Å²) >= 11 is 3.42. The first kappa shape index (κ1) is 57.7. The molecule has 0 rings (SSSR count). The standard InChI is InChI=1S/C14H27N.C8H17Br.C6H11N.C2H6O.CH2O3.2K/c1-4-7-8-9-10-11-14-15(12-5-2)13-6-3;1-2-3-4-5-6-7-8-9;1-3-5-7-6-4-2;1-2-3;2-1-4-3;;/h5-6H,2-4,7-14H2,1H3;2-8H2,1H3;3-4,7H,1-2,5-6H2;3H,2H2,1H3;1,3H;;/q;;;;;;+1/p-1. The Balaban J connectivity index is -0.0000000751. The topological polar surface area (TPSA) is 84.9 Å². The summed E-state index contributed by atoms with van der Waals surface area (Å²) in [6.07, 6.45) is 24.2. The van der Waals surface area contributed by atoms with Crippen molar-refractivity contribution in [1.29, 1.82) is 0 Å². The van der Waals surface area contributed by atoms with E-state index in [9.17, 15) is 0 Å². The third-order valence-corrected chi connectivity index (χ3v) is 5.27. The number of alkyl halides is 1. The summed E-state index contributed by atoms with van der Waals surface area (Å²) < 4.78 is 0. The summed E-state index contributed by atoms with van der Waals surface area (Å²) in [4.78, 5) is 13.6. The first-order chi connectivity index (χ1) is 18.5. The van der Waals surface area contributed by atoms with Crippen LogP contribution in [-0.2, 0) is 9.68 Å². The van der Waals surface area contributed by atoms with Gasteiger partial charge in [-0.05, 0) is 26.3 Å². The van der Waals surface area contributed by atoms with E-state index in [1.165, 1.54) is 88.9 Å². The van der Waals surface area contributed by atoms with Crippen molar-refractivity contribution in [2.24, 2.45) is 0 Å². The maximum absolute atomic E-state index is 8.64.